The molecule has 30 heavy (non-hydrogen) atoms. The molecule has 8 nitrogen and oxygen atoms in total. The van der Waals surface area contributed by atoms with Crippen LogP contribution in [0.1, 0.15) is 39.7 Å². The molecule has 4 rings (SSSR count). The van der Waals surface area contributed by atoms with E-state index in [2.05, 4.69) is 4.98 Å². The smallest absolute Gasteiger partial charge is 0.410 e. The largest absolute Gasteiger partial charge is 0.444 e. The van der Waals surface area contributed by atoms with Crippen molar-refractivity contribution in [2.45, 2.75) is 45.3 Å². The predicted molar refractivity (Wildman–Crippen MR) is 118 cm³/mol. The topological polar surface area (TPSA) is 112 Å². The van der Waals surface area contributed by atoms with Crippen LogP contribution in [0.25, 0.3) is 22.2 Å². The van der Waals surface area contributed by atoms with E-state index in [0.717, 1.165) is 35.0 Å². The molecule has 1 aliphatic heterocycles. The Hall–Kier alpha value is -3.29. The van der Waals surface area contributed by atoms with Crippen LogP contribution in [0.2, 0.25) is 0 Å². The van der Waals surface area contributed by atoms with E-state index in [0.29, 0.717) is 24.6 Å². The van der Waals surface area contributed by atoms with Crippen molar-refractivity contribution in [3.05, 3.63) is 36.5 Å². The first kappa shape index (κ1) is 20.0. The molecular formula is C22H28N6O2. The third-order valence-corrected chi connectivity index (χ3v) is 5.30. The summed E-state index contributed by atoms with van der Waals surface area (Å²) in [5, 5.41) is 5.77. The number of carbonyl (C=O) groups excluding carboxylic acids is 1. The highest BCUT2D eigenvalue weighted by Gasteiger charge is 2.29. The fourth-order valence-electron chi connectivity index (χ4n) is 3.85. The van der Waals surface area contributed by atoms with E-state index in [9.17, 15) is 4.79 Å². The van der Waals surface area contributed by atoms with Gasteiger partial charge in [-0.1, -0.05) is 12.1 Å². The van der Waals surface area contributed by atoms with E-state index in [1.165, 1.54) is 0 Å². The second-order valence-electron chi connectivity index (χ2n) is 8.70. The summed E-state index contributed by atoms with van der Waals surface area (Å²) in [5.41, 5.74) is 15.0. The van der Waals surface area contributed by atoms with Crippen molar-refractivity contribution in [2.24, 2.45) is 0 Å². The molecule has 0 spiro atoms. The lowest BCUT2D eigenvalue weighted by molar-refractivity contribution is 0.0186. The molecule has 1 saturated heterocycles. The van der Waals surface area contributed by atoms with E-state index in [4.69, 9.17) is 21.3 Å². The molecule has 0 unspecified atom stereocenters. The van der Waals surface area contributed by atoms with Crippen molar-refractivity contribution in [3.63, 3.8) is 0 Å². The number of amides is 1. The zero-order valence-corrected chi connectivity index (χ0v) is 17.6. The Kier molecular flexibility index (Phi) is 5.01. The Morgan fingerprint density at radius 1 is 1.10 bits per heavy atom. The molecule has 2 aromatic heterocycles. The summed E-state index contributed by atoms with van der Waals surface area (Å²) in [6, 6.07) is 9.70. The van der Waals surface area contributed by atoms with Gasteiger partial charge in [0.25, 0.3) is 0 Å². The summed E-state index contributed by atoms with van der Waals surface area (Å²) in [7, 11) is 0. The van der Waals surface area contributed by atoms with Crippen molar-refractivity contribution >= 4 is 28.5 Å². The minimum atomic E-state index is -0.495. The summed E-state index contributed by atoms with van der Waals surface area (Å²) in [4.78, 5) is 18.4. The number of benzene rings is 1. The van der Waals surface area contributed by atoms with Crippen molar-refractivity contribution in [1.82, 2.24) is 19.7 Å². The standard InChI is InChI=1S/C22H28N6O2/c1-22(2,3)30-21(29)27-12-9-16(10-13-27)28-17-8-11-25-20(24)18(17)19(26-28)14-4-6-15(23)7-5-14/h4-8,11,16H,9-10,12-13,23H2,1-3H3,(H2,24,25). The number of aromatic nitrogens is 3. The maximum atomic E-state index is 12.4. The van der Waals surface area contributed by atoms with Crippen LogP contribution in [0.3, 0.4) is 0 Å². The number of hydrogen-bond acceptors (Lipinski definition) is 6. The molecule has 0 atom stereocenters. The van der Waals surface area contributed by atoms with E-state index in [1.54, 1.807) is 11.1 Å². The highest BCUT2D eigenvalue weighted by molar-refractivity contribution is 6.00. The van der Waals surface area contributed by atoms with Gasteiger partial charge in [-0.2, -0.15) is 5.10 Å². The number of hydrogen-bond donors (Lipinski definition) is 2. The van der Waals surface area contributed by atoms with Gasteiger partial charge >= 0.3 is 6.09 Å². The molecule has 4 N–H and O–H groups in total. The van der Waals surface area contributed by atoms with E-state index in [1.807, 2.05) is 55.8 Å². The molecule has 3 heterocycles. The lowest BCUT2D eigenvalue weighted by atomic mass is 10.1. The van der Waals surface area contributed by atoms with Gasteiger partial charge in [-0.15, -0.1) is 0 Å². The summed E-state index contributed by atoms with van der Waals surface area (Å²) in [6.07, 6.45) is 3.03. The summed E-state index contributed by atoms with van der Waals surface area (Å²) in [6.45, 7) is 6.89. The van der Waals surface area contributed by atoms with Crippen LogP contribution in [-0.2, 0) is 4.74 Å². The van der Waals surface area contributed by atoms with E-state index >= 15 is 0 Å². The third kappa shape index (κ3) is 3.90. The normalized spacial score (nSPS) is 15.5. The number of anilines is 2. The van der Waals surface area contributed by atoms with E-state index in [-0.39, 0.29) is 12.1 Å². The Bertz CT molecular complexity index is 1060. The average Bonchev–Trinajstić information content (AvgIpc) is 3.08. The van der Waals surface area contributed by atoms with Gasteiger partial charge in [-0.3, -0.25) is 4.68 Å². The van der Waals surface area contributed by atoms with Gasteiger partial charge < -0.3 is 21.1 Å². The van der Waals surface area contributed by atoms with Gasteiger partial charge in [0.05, 0.1) is 16.9 Å². The molecule has 1 fully saturated rings. The van der Waals surface area contributed by atoms with Gasteiger partial charge in [-0.05, 0) is 51.8 Å². The lowest BCUT2D eigenvalue weighted by Crippen LogP contribution is -2.42. The molecule has 1 amide bonds. The van der Waals surface area contributed by atoms with Crippen molar-refractivity contribution in [2.75, 3.05) is 24.6 Å². The zero-order chi connectivity index (χ0) is 21.5. The van der Waals surface area contributed by atoms with Crippen LogP contribution < -0.4 is 11.5 Å². The Labute approximate surface area is 175 Å². The molecule has 8 heteroatoms. The molecule has 3 aromatic rings. The molecule has 158 valence electrons. The SMILES string of the molecule is CC(C)(C)OC(=O)N1CCC(n2nc(-c3ccc(N)cc3)c3c(N)nccc32)CC1. The molecule has 0 radical (unpaired) electrons. The minimum absolute atomic E-state index is 0.163. The second kappa shape index (κ2) is 7.51. The van der Waals surface area contributed by atoms with Gasteiger partial charge in [0, 0.05) is 30.5 Å². The van der Waals surface area contributed by atoms with Crippen LogP contribution >= 0.6 is 0 Å². The van der Waals surface area contributed by atoms with Gasteiger partial charge in [0.1, 0.15) is 17.1 Å². The summed E-state index contributed by atoms with van der Waals surface area (Å²) < 4.78 is 7.54. The third-order valence-electron chi connectivity index (χ3n) is 5.30. The first-order chi connectivity index (χ1) is 14.2. The number of piperidine rings is 1. The summed E-state index contributed by atoms with van der Waals surface area (Å²) >= 11 is 0. The van der Waals surface area contributed by atoms with Crippen LogP contribution in [0, 0.1) is 0 Å². The first-order valence-corrected chi connectivity index (χ1v) is 10.2. The van der Waals surface area contributed by atoms with Crippen molar-refractivity contribution < 1.29 is 9.53 Å². The molecule has 1 aliphatic rings. The molecule has 0 bridgehead atoms. The molecule has 1 aromatic carbocycles. The zero-order valence-electron chi connectivity index (χ0n) is 17.6. The summed E-state index contributed by atoms with van der Waals surface area (Å²) in [5.74, 6) is 0.455. The number of carbonyl (C=O) groups is 1. The number of pyridine rings is 1. The number of nitrogens with two attached hydrogens (primary N) is 2. The number of fused-ring (bicyclic) bond motifs is 1. The van der Waals surface area contributed by atoms with Gasteiger partial charge in [-0.25, -0.2) is 9.78 Å². The molecule has 0 aliphatic carbocycles. The number of ether oxygens (including phenoxy) is 1. The van der Waals surface area contributed by atoms with Gasteiger partial charge in [0.15, 0.2) is 0 Å². The Balaban J connectivity index is 1.62. The number of likely N-dealkylation sites (tertiary alicyclic amines) is 1. The van der Waals surface area contributed by atoms with Crippen LogP contribution in [0.4, 0.5) is 16.3 Å². The number of nitrogen functional groups attached to an aromatic ring is 2. The van der Waals surface area contributed by atoms with Crippen molar-refractivity contribution in [3.8, 4) is 11.3 Å². The molecule has 0 saturated carbocycles. The number of rotatable bonds is 2. The maximum absolute atomic E-state index is 12.4. The quantitative estimate of drug-likeness (QED) is 0.623. The maximum Gasteiger partial charge on any atom is 0.410 e. The monoisotopic (exact) mass is 408 g/mol. The van der Waals surface area contributed by atoms with Crippen molar-refractivity contribution in [1.29, 1.82) is 0 Å². The molecular weight excluding hydrogens is 380 g/mol. The second-order valence-corrected chi connectivity index (χ2v) is 8.70. The predicted octanol–water partition coefficient (Wildman–Crippen LogP) is 3.83. The van der Waals surface area contributed by atoms with Gasteiger partial charge in [0.2, 0.25) is 0 Å². The fraction of sp³-hybridized carbons (Fsp3) is 0.409. The van der Waals surface area contributed by atoms with E-state index < -0.39 is 5.60 Å². The number of nitrogens with zero attached hydrogens (tertiary/aromatic N) is 4. The van der Waals surface area contributed by atoms with Crippen LogP contribution in [0.15, 0.2) is 36.5 Å². The Morgan fingerprint density at radius 2 is 1.77 bits per heavy atom. The first-order valence-electron chi connectivity index (χ1n) is 10.2. The lowest BCUT2D eigenvalue weighted by Gasteiger charge is -2.33. The van der Waals surface area contributed by atoms with Crippen LogP contribution in [-0.4, -0.2) is 44.4 Å². The highest BCUT2D eigenvalue weighted by Crippen LogP contribution is 2.35. The highest BCUT2D eigenvalue weighted by atomic mass is 16.6. The minimum Gasteiger partial charge on any atom is -0.444 e. The van der Waals surface area contributed by atoms with Crippen LogP contribution in [0.5, 0.6) is 0 Å². The average molecular weight is 409 g/mol. The fourth-order valence-corrected chi connectivity index (χ4v) is 3.85. The Morgan fingerprint density at radius 3 is 2.40 bits per heavy atom.